The molecular weight excluding hydrogens is 238 g/mol. The molecule has 0 heterocycles. The number of ether oxygens (including phenoxy) is 1. The first kappa shape index (κ1) is 15.1. The topological polar surface area (TPSA) is 29.5 Å². The van der Waals surface area contributed by atoms with Crippen molar-refractivity contribution in [2.75, 3.05) is 6.61 Å². The Hall–Kier alpha value is -1.00. The highest BCUT2D eigenvalue weighted by molar-refractivity contribution is 5.27. The number of halogens is 2. The first-order chi connectivity index (χ1) is 8.40. The van der Waals surface area contributed by atoms with Crippen molar-refractivity contribution in [2.24, 2.45) is 5.92 Å². The molecule has 0 aliphatic rings. The molecule has 2 nitrogen and oxygen atoms in total. The maximum atomic E-state index is 13.8. The van der Waals surface area contributed by atoms with E-state index in [1.165, 1.54) is 19.1 Å². The number of rotatable bonds is 5. The van der Waals surface area contributed by atoms with Gasteiger partial charge in [0.25, 0.3) is 0 Å². The summed E-state index contributed by atoms with van der Waals surface area (Å²) in [5, 5.41) is 10.1. The van der Waals surface area contributed by atoms with Crippen LogP contribution in [-0.2, 0) is 4.74 Å². The van der Waals surface area contributed by atoms with E-state index in [1.54, 1.807) is 6.92 Å². The summed E-state index contributed by atoms with van der Waals surface area (Å²) in [6, 6.07) is 2.87. The lowest BCUT2D eigenvalue weighted by molar-refractivity contribution is -0.0599. The van der Waals surface area contributed by atoms with Gasteiger partial charge in [0.15, 0.2) is 11.6 Å². The van der Waals surface area contributed by atoms with Gasteiger partial charge in [0.2, 0.25) is 0 Å². The first-order valence-corrected chi connectivity index (χ1v) is 6.14. The smallest absolute Gasteiger partial charge is 0.164 e. The number of aliphatic hydroxyl groups excluding tert-OH is 1. The minimum absolute atomic E-state index is 0.00344. The summed E-state index contributed by atoms with van der Waals surface area (Å²) in [6.45, 7) is 7.43. The summed E-state index contributed by atoms with van der Waals surface area (Å²) >= 11 is 0. The summed E-state index contributed by atoms with van der Waals surface area (Å²) < 4.78 is 32.7. The van der Waals surface area contributed by atoms with Gasteiger partial charge in [-0.05, 0) is 25.3 Å². The SMILES string of the molecule is CCOC(C(C)C)C(O)c1ccc(C)c(F)c1F. The van der Waals surface area contributed by atoms with Crippen molar-refractivity contribution in [1.29, 1.82) is 0 Å². The second-order valence-corrected chi connectivity index (χ2v) is 4.71. The van der Waals surface area contributed by atoms with Crippen LogP contribution in [0.1, 0.15) is 38.0 Å². The fourth-order valence-corrected chi connectivity index (χ4v) is 1.91. The average Bonchev–Trinajstić information content (AvgIpc) is 2.32. The molecule has 1 rings (SSSR count). The van der Waals surface area contributed by atoms with Crippen molar-refractivity contribution in [3.05, 3.63) is 34.9 Å². The Bertz CT molecular complexity index is 405. The van der Waals surface area contributed by atoms with Crippen LogP contribution in [0, 0.1) is 24.5 Å². The van der Waals surface area contributed by atoms with Gasteiger partial charge in [-0.15, -0.1) is 0 Å². The van der Waals surface area contributed by atoms with E-state index in [9.17, 15) is 13.9 Å². The van der Waals surface area contributed by atoms with Gasteiger partial charge >= 0.3 is 0 Å². The van der Waals surface area contributed by atoms with Gasteiger partial charge in [0, 0.05) is 12.2 Å². The molecule has 102 valence electrons. The van der Waals surface area contributed by atoms with E-state index in [1.807, 2.05) is 13.8 Å². The number of aliphatic hydroxyl groups is 1. The van der Waals surface area contributed by atoms with Crippen LogP contribution < -0.4 is 0 Å². The molecular formula is C14H20F2O2. The van der Waals surface area contributed by atoms with Crippen LogP contribution in [0.5, 0.6) is 0 Å². The fraction of sp³-hybridized carbons (Fsp3) is 0.571. The molecule has 1 aromatic rings. The van der Waals surface area contributed by atoms with E-state index < -0.39 is 23.8 Å². The van der Waals surface area contributed by atoms with E-state index in [4.69, 9.17) is 4.74 Å². The monoisotopic (exact) mass is 258 g/mol. The molecule has 0 radical (unpaired) electrons. The lowest BCUT2D eigenvalue weighted by atomic mass is 9.94. The largest absolute Gasteiger partial charge is 0.386 e. The Balaban J connectivity index is 3.09. The average molecular weight is 258 g/mol. The van der Waals surface area contributed by atoms with E-state index in [2.05, 4.69) is 0 Å². The molecule has 0 bridgehead atoms. The van der Waals surface area contributed by atoms with E-state index in [-0.39, 0.29) is 17.0 Å². The van der Waals surface area contributed by atoms with Crippen LogP contribution in [0.3, 0.4) is 0 Å². The zero-order chi connectivity index (χ0) is 13.9. The summed E-state index contributed by atoms with van der Waals surface area (Å²) in [7, 11) is 0. The van der Waals surface area contributed by atoms with Gasteiger partial charge in [0.05, 0.1) is 6.10 Å². The van der Waals surface area contributed by atoms with Crippen molar-refractivity contribution in [3.63, 3.8) is 0 Å². The van der Waals surface area contributed by atoms with E-state index in [0.717, 1.165) is 0 Å². The van der Waals surface area contributed by atoms with Gasteiger partial charge in [-0.3, -0.25) is 0 Å². The number of benzene rings is 1. The van der Waals surface area contributed by atoms with Crippen LogP contribution in [0.15, 0.2) is 12.1 Å². The van der Waals surface area contributed by atoms with Gasteiger partial charge in [-0.1, -0.05) is 26.0 Å². The van der Waals surface area contributed by atoms with E-state index in [0.29, 0.717) is 6.61 Å². The Morgan fingerprint density at radius 1 is 1.22 bits per heavy atom. The molecule has 2 atom stereocenters. The van der Waals surface area contributed by atoms with Crippen LogP contribution in [0.25, 0.3) is 0 Å². The third-order valence-corrected chi connectivity index (χ3v) is 2.95. The Labute approximate surface area is 107 Å². The molecule has 1 aromatic carbocycles. The second-order valence-electron chi connectivity index (χ2n) is 4.71. The zero-order valence-electron chi connectivity index (χ0n) is 11.2. The fourth-order valence-electron chi connectivity index (χ4n) is 1.91. The van der Waals surface area contributed by atoms with Crippen LogP contribution >= 0.6 is 0 Å². The lowest BCUT2D eigenvalue weighted by Crippen LogP contribution is -2.28. The molecule has 0 aliphatic heterocycles. The number of hydrogen-bond donors (Lipinski definition) is 1. The Kier molecular flexibility index (Phi) is 5.23. The van der Waals surface area contributed by atoms with Gasteiger partial charge in [0.1, 0.15) is 6.10 Å². The van der Waals surface area contributed by atoms with E-state index >= 15 is 0 Å². The van der Waals surface area contributed by atoms with Crippen LogP contribution in [0.2, 0.25) is 0 Å². The third kappa shape index (κ3) is 3.06. The van der Waals surface area contributed by atoms with Gasteiger partial charge < -0.3 is 9.84 Å². The predicted molar refractivity (Wildman–Crippen MR) is 66.3 cm³/mol. The normalized spacial score (nSPS) is 14.9. The molecule has 0 spiro atoms. The van der Waals surface area contributed by atoms with Crippen molar-refractivity contribution in [1.82, 2.24) is 0 Å². The zero-order valence-corrected chi connectivity index (χ0v) is 11.2. The minimum Gasteiger partial charge on any atom is -0.386 e. The van der Waals surface area contributed by atoms with Crippen LogP contribution in [0.4, 0.5) is 8.78 Å². The molecule has 0 aliphatic carbocycles. The highest BCUT2D eigenvalue weighted by Gasteiger charge is 2.28. The van der Waals surface area contributed by atoms with Crippen molar-refractivity contribution >= 4 is 0 Å². The number of hydrogen-bond acceptors (Lipinski definition) is 2. The second kappa shape index (κ2) is 6.25. The van der Waals surface area contributed by atoms with Gasteiger partial charge in [-0.2, -0.15) is 0 Å². The molecule has 18 heavy (non-hydrogen) atoms. The highest BCUT2D eigenvalue weighted by atomic mass is 19.2. The quantitative estimate of drug-likeness (QED) is 0.877. The van der Waals surface area contributed by atoms with Crippen molar-refractivity contribution in [3.8, 4) is 0 Å². The summed E-state index contributed by atoms with van der Waals surface area (Å²) in [6.07, 6.45) is -1.72. The number of aryl methyl sites for hydroxylation is 1. The first-order valence-electron chi connectivity index (χ1n) is 6.14. The summed E-state index contributed by atoms with van der Waals surface area (Å²) in [4.78, 5) is 0. The van der Waals surface area contributed by atoms with Gasteiger partial charge in [-0.25, -0.2) is 8.78 Å². The maximum absolute atomic E-state index is 13.8. The molecule has 0 saturated heterocycles. The molecule has 0 fully saturated rings. The lowest BCUT2D eigenvalue weighted by Gasteiger charge is -2.27. The van der Waals surface area contributed by atoms with Crippen LogP contribution in [-0.4, -0.2) is 17.8 Å². The molecule has 4 heteroatoms. The third-order valence-electron chi connectivity index (χ3n) is 2.95. The Morgan fingerprint density at radius 3 is 2.33 bits per heavy atom. The molecule has 1 N–H and O–H groups in total. The molecule has 0 amide bonds. The summed E-state index contributed by atoms with van der Waals surface area (Å²) in [5.74, 6) is -1.90. The highest BCUT2D eigenvalue weighted by Crippen LogP contribution is 2.28. The maximum Gasteiger partial charge on any atom is 0.164 e. The molecule has 2 unspecified atom stereocenters. The minimum atomic E-state index is -1.17. The van der Waals surface area contributed by atoms with Crippen molar-refractivity contribution in [2.45, 2.75) is 39.9 Å². The standard InChI is InChI=1S/C14H20F2O2/c1-5-18-14(8(2)3)13(17)10-7-6-9(4)11(15)12(10)16/h6-8,13-14,17H,5H2,1-4H3. The molecule has 0 aromatic heterocycles. The predicted octanol–water partition coefficient (Wildman–Crippen LogP) is 3.37. The Morgan fingerprint density at radius 2 is 1.83 bits per heavy atom. The summed E-state index contributed by atoms with van der Waals surface area (Å²) in [5.41, 5.74) is 0.172. The van der Waals surface area contributed by atoms with Crippen molar-refractivity contribution < 1.29 is 18.6 Å². The molecule has 0 saturated carbocycles.